The molecule has 0 saturated heterocycles. The van der Waals surface area contributed by atoms with E-state index < -0.39 is 23.2 Å². The van der Waals surface area contributed by atoms with Crippen LogP contribution >= 0.6 is 0 Å². The minimum atomic E-state index is -5.23. The third-order valence-corrected chi connectivity index (χ3v) is 4.16. The van der Waals surface area contributed by atoms with Crippen molar-refractivity contribution in [2.75, 3.05) is 0 Å². The summed E-state index contributed by atoms with van der Waals surface area (Å²) in [7, 11) is -6.47. The van der Waals surface area contributed by atoms with E-state index in [9.17, 15) is 12.3 Å². The lowest BCUT2D eigenvalue weighted by Gasteiger charge is -2.14. The molecule has 0 bridgehead atoms. The van der Waals surface area contributed by atoms with E-state index >= 15 is 0 Å². The Morgan fingerprint density at radius 2 is 1.36 bits per heavy atom. The summed E-state index contributed by atoms with van der Waals surface area (Å²) in [6, 6.07) is 0.330. The number of halogens is 3. The van der Waals surface area contributed by atoms with Crippen molar-refractivity contribution < 1.29 is 12.3 Å². The molecule has 0 unspecified atom stereocenters. The first-order valence-corrected chi connectivity index (χ1v) is 9.32. The Hall–Kier alpha value is 0.224. The van der Waals surface area contributed by atoms with E-state index in [1.165, 1.54) is 0 Å². The van der Waals surface area contributed by atoms with Gasteiger partial charge in [0.1, 0.15) is 0 Å². The molecule has 0 aromatic rings. The van der Waals surface area contributed by atoms with Crippen LogP contribution in [0.3, 0.4) is 0 Å². The zero-order chi connectivity index (χ0) is 9.12. The Labute approximate surface area is 68.3 Å². The molecule has 0 atom stereocenters. The molecule has 0 aromatic carbocycles. The van der Waals surface area contributed by atoms with E-state index in [1.807, 2.05) is 0 Å². The van der Waals surface area contributed by atoms with Crippen LogP contribution in [0.2, 0.25) is 31.7 Å². The first-order valence-electron chi connectivity index (χ1n) is 3.77. The first kappa shape index (κ1) is 11.2. The number of rotatable bonds is 4. The molecular weight excluding hydrogens is 185 g/mol. The quantitative estimate of drug-likeness (QED) is 0.481. The first-order chi connectivity index (χ1) is 4.71. The Bertz CT molecular complexity index is 100.0. The normalized spacial score (nSPS) is 13.6. The van der Waals surface area contributed by atoms with Gasteiger partial charge in [0.25, 0.3) is 0 Å². The fraction of sp³-hybridized carbons (Fsp3) is 1.00. The van der Waals surface area contributed by atoms with E-state index in [0.717, 1.165) is 6.04 Å². The van der Waals surface area contributed by atoms with E-state index in [1.54, 1.807) is 0 Å². The van der Waals surface area contributed by atoms with Gasteiger partial charge in [0.15, 0.2) is 0 Å². The average Bonchev–Trinajstić information content (AvgIpc) is 1.55. The number of hydrogen-bond donors (Lipinski definition) is 0. The highest BCUT2D eigenvalue weighted by Crippen LogP contribution is 2.21. The summed E-state index contributed by atoms with van der Waals surface area (Å²) < 4.78 is 35.4. The molecule has 0 N–H and O–H groups in total. The molecular formula is C6H15F3Si2. The van der Waals surface area contributed by atoms with Crippen LogP contribution in [-0.4, -0.2) is 17.1 Å². The molecule has 0 radical (unpaired) electrons. The van der Waals surface area contributed by atoms with Crippen molar-refractivity contribution in [3.63, 3.8) is 0 Å². The van der Waals surface area contributed by atoms with Crippen LogP contribution in [0.5, 0.6) is 0 Å². The van der Waals surface area contributed by atoms with Crippen LogP contribution in [0.4, 0.5) is 12.3 Å². The van der Waals surface area contributed by atoms with Crippen LogP contribution in [0.25, 0.3) is 0 Å². The van der Waals surface area contributed by atoms with Crippen molar-refractivity contribution >= 4 is 17.1 Å². The van der Waals surface area contributed by atoms with Crippen molar-refractivity contribution in [3.8, 4) is 0 Å². The van der Waals surface area contributed by atoms with Gasteiger partial charge in [-0.3, -0.25) is 0 Å². The molecule has 0 amide bonds. The van der Waals surface area contributed by atoms with Crippen molar-refractivity contribution in [1.29, 1.82) is 0 Å². The smallest absolute Gasteiger partial charge is 0.238 e. The average molecular weight is 200 g/mol. The molecule has 0 rings (SSSR count). The van der Waals surface area contributed by atoms with Gasteiger partial charge in [-0.05, 0) is 0 Å². The highest BCUT2D eigenvalue weighted by molar-refractivity contribution is 6.76. The van der Waals surface area contributed by atoms with Crippen molar-refractivity contribution in [2.24, 2.45) is 0 Å². The van der Waals surface area contributed by atoms with Gasteiger partial charge in [-0.2, -0.15) is 0 Å². The van der Waals surface area contributed by atoms with Crippen molar-refractivity contribution in [2.45, 2.75) is 38.2 Å². The maximum Gasteiger partial charge on any atom is 0.616 e. The summed E-state index contributed by atoms with van der Waals surface area (Å²) >= 11 is 0. The second kappa shape index (κ2) is 3.75. The maximum absolute atomic E-state index is 11.8. The monoisotopic (exact) mass is 200 g/mol. The summed E-state index contributed by atoms with van der Waals surface area (Å²) in [5.74, 6) is 0. The SMILES string of the molecule is C[Si](C)(C)CCC[Si](F)(F)F. The number of hydrogen-bond acceptors (Lipinski definition) is 0. The molecule has 0 aliphatic rings. The predicted molar refractivity (Wildman–Crippen MR) is 46.7 cm³/mol. The summed E-state index contributed by atoms with van der Waals surface area (Å²) in [5, 5.41) is 0. The maximum atomic E-state index is 11.8. The van der Waals surface area contributed by atoms with Crippen LogP contribution in [-0.2, 0) is 0 Å². The molecule has 0 nitrogen and oxygen atoms in total. The molecule has 0 aliphatic carbocycles. The summed E-state index contributed by atoms with van der Waals surface area (Å²) in [6.45, 7) is 6.31. The fourth-order valence-corrected chi connectivity index (χ4v) is 2.99. The van der Waals surface area contributed by atoms with Gasteiger partial charge < -0.3 is 0 Å². The Morgan fingerprint density at radius 3 is 1.64 bits per heavy atom. The largest absolute Gasteiger partial charge is 0.616 e. The topological polar surface area (TPSA) is 0 Å². The molecule has 0 aromatic heterocycles. The van der Waals surface area contributed by atoms with Crippen LogP contribution < -0.4 is 0 Å². The lowest BCUT2D eigenvalue weighted by atomic mass is 10.6. The fourth-order valence-electron chi connectivity index (χ4n) is 0.819. The van der Waals surface area contributed by atoms with E-state index in [2.05, 4.69) is 19.6 Å². The van der Waals surface area contributed by atoms with E-state index in [4.69, 9.17) is 0 Å². The lowest BCUT2D eigenvalue weighted by molar-refractivity contribution is 0.466. The lowest BCUT2D eigenvalue weighted by Crippen LogP contribution is -2.21. The van der Waals surface area contributed by atoms with Crippen LogP contribution in [0.1, 0.15) is 6.42 Å². The van der Waals surface area contributed by atoms with E-state index in [-0.39, 0.29) is 0 Å². The van der Waals surface area contributed by atoms with Gasteiger partial charge in [-0.1, -0.05) is 32.1 Å². The van der Waals surface area contributed by atoms with Crippen molar-refractivity contribution in [1.82, 2.24) is 0 Å². The minimum Gasteiger partial charge on any atom is -0.238 e. The van der Waals surface area contributed by atoms with Gasteiger partial charge in [-0.15, -0.1) is 0 Å². The molecule has 68 valence electrons. The highest BCUT2D eigenvalue weighted by Gasteiger charge is 2.35. The second-order valence-corrected chi connectivity index (χ2v) is 11.4. The molecule has 11 heavy (non-hydrogen) atoms. The minimum absolute atomic E-state index is 0.367. The van der Waals surface area contributed by atoms with Gasteiger partial charge in [0.05, 0.1) is 0 Å². The Balaban J connectivity index is 3.44. The summed E-state index contributed by atoms with van der Waals surface area (Å²) in [5.41, 5.74) is 0. The Morgan fingerprint density at radius 1 is 0.909 bits per heavy atom. The third-order valence-electron chi connectivity index (χ3n) is 1.39. The van der Waals surface area contributed by atoms with Gasteiger partial charge >= 0.3 is 9.08 Å². The van der Waals surface area contributed by atoms with Crippen LogP contribution in [0.15, 0.2) is 0 Å². The Kier molecular flexibility index (Phi) is 3.83. The highest BCUT2D eigenvalue weighted by atomic mass is 28.5. The zero-order valence-electron chi connectivity index (χ0n) is 7.26. The van der Waals surface area contributed by atoms with Gasteiger partial charge in [0, 0.05) is 14.1 Å². The van der Waals surface area contributed by atoms with Gasteiger partial charge in [0.2, 0.25) is 0 Å². The van der Waals surface area contributed by atoms with Crippen LogP contribution in [0, 0.1) is 0 Å². The van der Waals surface area contributed by atoms with Gasteiger partial charge in [-0.25, -0.2) is 12.3 Å². The van der Waals surface area contributed by atoms with Crippen molar-refractivity contribution in [3.05, 3.63) is 0 Å². The summed E-state index contributed by atoms with van der Waals surface area (Å²) in [4.78, 5) is 0. The molecule has 0 aliphatic heterocycles. The second-order valence-electron chi connectivity index (χ2n) is 4.03. The molecule has 0 heterocycles. The molecule has 0 spiro atoms. The molecule has 5 heteroatoms. The predicted octanol–water partition coefficient (Wildman–Crippen LogP) is 3.56. The van der Waals surface area contributed by atoms with E-state index in [0.29, 0.717) is 6.42 Å². The summed E-state index contributed by atoms with van der Waals surface area (Å²) in [6.07, 6.45) is 0.367. The zero-order valence-corrected chi connectivity index (χ0v) is 9.26. The molecule has 0 fully saturated rings. The standard InChI is InChI=1S/C6H15F3Si2/c1-10(2,3)5-4-6-11(7,8)9/h4-6H2,1-3H3. The third kappa shape index (κ3) is 10.2. The molecule has 0 saturated carbocycles.